The average molecular weight is 207 g/mol. The Bertz CT molecular complexity index is 582. The molecule has 0 unspecified atom stereocenters. The van der Waals surface area contributed by atoms with Crippen molar-refractivity contribution >= 4 is 17.6 Å². The number of H-pyrrole nitrogens is 1. The largest absolute Gasteiger partial charge is 0.295 e. The Morgan fingerprint density at radius 1 is 1.53 bits per heavy atom. The van der Waals surface area contributed by atoms with E-state index in [-0.39, 0.29) is 23.2 Å². The van der Waals surface area contributed by atoms with Crippen molar-refractivity contribution in [1.29, 1.82) is 0 Å². The van der Waals surface area contributed by atoms with E-state index in [4.69, 9.17) is 0 Å². The molecule has 0 aromatic carbocycles. The van der Waals surface area contributed by atoms with Crippen LogP contribution in [-0.4, -0.2) is 25.5 Å². The molecule has 2 aromatic heterocycles. The summed E-state index contributed by atoms with van der Waals surface area (Å²) in [5.41, 5.74) is 0.322. The number of rotatable bonds is 1. The zero-order chi connectivity index (χ0) is 11.0. The molecule has 0 aliphatic rings. The van der Waals surface area contributed by atoms with Crippen LogP contribution in [0.15, 0.2) is 10.9 Å². The lowest BCUT2D eigenvalue weighted by atomic mass is 10.5. The van der Waals surface area contributed by atoms with Crippen LogP contribution < -0.4 is 10.9 Å². The fourth-order valence-electron chi connectivity index (χ4n) is 1.22. The number of nitrogens with one attached hydrogen (secondary N) is 2. The summed E-state index contributed by atoms with van der Waals surface area (Å²) in [5, 5.41) is 5.06. The molecule has 0 aliphatic carbocycles. The lowest BCUT2D eigenvalue weighted by molar-refractivity contribution is -0.114. The summed E-state index contributed by atoms with van der Waals surface area (Å²) in [5.74, 6) is 0.181. The Balaban J connectivity index is 2.60. The third-order valence-electron chi connectivity index (χ3n) is 1.75. The molecular formula is C8H9N5O2. The fraction of sp³-hybridized carbons (Fsp3) is 0.250. The van der Waals surface area contributed by atoms with Crippen LogP contribution in [0.25, 0.3) is 5.78 Å². The first-order valence-corrected chi connectivity index (χ1v) is 4.30. The van der Waals surface area contributed by atoms with E-state index in [2.05, 4.69) is 20.4 Å². The molecule has 0 atom stereocenters. The second-order valence-corrected chi connectivity index (χ2v) is 3.12. The summed E-state index contributed by atoms with van der Waals surface area (Å²) in [6.07, 6.45) is 0. The van der Waals surface area contributed by atoms with Crippen molar-refractivity contribution in [2.45, 2.75) is 13.8 Å². The number of hydrogen-bond donors (Lipinski definition) is 2. The number of fused-ring (bicyclic) bond motifs is 1. The van der Waals surface area contributed by atoms with E-state index in [1.165, 1.54) is 13.0 Å². The number of aromatic nitrogens is 4. The van der Waals surface area contributed by atoms with Crippen LogP contribution in [-0.2, 0) is 4.79 Å². The van der Waals surface area contributed by atoms with Crippen LogP contribution in [0.1, 0.15) is 12.6 Å². The van der Waals surface area contributed by atoms with Gasteiger partial charge < -0.3 is 0 Å². The van der Waals surface area contributed by atoms with Gasteiger partial charge in [0.25, 0.3) is 11.3 Å². The first kappa shape index (κ1) is 9.38. The maximum Gasteiger partial charge on any atom is 0.274 e. The summed E-state index contributed by atoms with van der Waals surface area (Å²) < 4.78 is 1.16. The van der Waals surface area contributed by atoms with Gasteiger partial charge in [-0.1, -0.05) is 0 Å². The van der Waals surface area contributed by atoms with Gasteiger partial charge in [-0.05, 0) is 6.92 Å². The minimum atomic E-state index is -0.265. The van der Waals surface area contributed by atoms with Gasteiger partial charge in [0.15, 0.2) is 0 Å². The van der Waals surface area contributed by atoms with Crippen LogP contribution in [0, 0.1) is 6.92 Å². The number of amides is 1. The topological polar surface area (TPSA) is 92.2 Å². The monoisotopic (exact) mass is 207 g/mol. The molecule has 2 heterocycles. The maximum absolute atomic E-state index is 11.4. The second kappa shape index (κ2) is 3.19. The van der Waals surface area contributed by atoms with E-state index in [0.29, 0.717) is 5.69 Å². The molecule has 0 radical (unpaired) electrons. The summed E-state index contributed by atoms with van der Waals surface area (Å²) in [6, 6.07) is 1.38. The molecule has 7 heteroatoms. The van der Waals surface area contributed by atoms with Crippen LogP contribution >= 0.6 is 0 Å². The molecule has 2 aromatic rings. The molecule has 0 saturated heterocycles. The van der Waals surface area contributed by atoms with E-state index in [9.17, 15) is 9.59 Å². The Morgan fingerprint density at radius 2 is 2.27 bits per heavy atom. The van der Waals surface area contributed by atoms with Gasteiger partial charge in [0, 0.05) is 18.7 Å². The van der Waals surface area contributed by atoms with Crippen LogP contribution in [0.5, 0.6) is 0 Å². The standard InChI is InChI=1S/C8H9N5O2/c1-4-3-6(15)13-8(9-4)11-7(12-13)10-5(2)14/h3H,1-2H3,(H2,9,10,11,12,14). The minimum Gasteiger partial charge on any atom is -0.295 e. The SMILES string of the molecule is CC(=O)Nc1nc2nc(C)cc(=O)n2[nH]1. The van der Waals surface area contributed by atoms with Gasteiger partial charge in [0.05, 0.1) is 0 Å². The molecule has 15 heavy (non-hydrogen) atoms. The first-order chi connectivity index (χ1) is 7.06. The lowest BCUT2D eigenvalue weighted by Gasteiger charge is -1.92. The summed E-state index contributed by atoms with van der Waals surface area (Å²) in [7, 11) is 0. The van der Waals surface area contributed by atoms with Gasteiger partial charge >= 0.3 is 0 Å². The summed E-state index contributed by atoms with van der Waals surface area (Å²) >= 11 is 0. The van der Waals surface area contributed by atoms with Crippen molar-refractivity contribution in [2.75, 3.05) is 5.32 Å². The highest BCUT2D eigenvalue weighted by Gasteiger charge is 2.06. The van der Waals surface area contributed by atoms with Crippen molar-refractivity contribution in [3.63, 3.8) is 0 Å². The number of hydrogen-bond acceptors (Lipinski definition) is 4. The normalized spacial score (nSPS) is 10.5. The molecular weight excluding hydrogens is 198 g/mol. The molecule has 2 rings (SSSR count). The van der Waals surface area contributed by atoms with Gasteiger partial charge in [-0.3, -0.25) is 20.0 Å². The number of carbonyl (C=O) groups is 1. The number of carbonyl (C=O) groups excluding carboxylic acids is 1. The van der Waals surface area contributed by atoms with E-state index in [1.54, 1.807) is 6.92 Å². The molecule has 78 valence electrons. The Morgan fingerprint density at radius 3 is 2.93 bits per heavy atom. The highest BCUT2D eigenvalue weighted by molar-refractivity contribution is 5.86. The molecule has 1 amide bonds. The van der Waals surface area contributed by atoms with Crippen molar-refractivity contribution in [1.82, 2.24) is 19.6 Å². The smallest absolute Gasteiger partial charge is 0.274 e. The third-order valence-corrected chi connectivity index (χ3v) is 1.75. The lowest BCUT2D eigenvalue weighted by Crippen LogP contribution is -2.15. The van der Waals surface area contributed by atoms with Gasteiger partial charge in [0.2, 0.25) is 11.9 Å². The van der Waals surface area contributed by atoms with Crippen molar-refractivity contribution < 1.29 is 4.79 Å². The molecule has 0 bridgehead atoms. The maximum atomic E-state index is 11.4. The zero-order valence-corrected chi connectivity index (χ0v) is 8.24. The Hall–Kier alpha value is -2.18. The van der Waals surface area contributed by atoms with Crippen molar-refractivity contribution in [3.8, 4) is 0 Å². The van der Waals surface area contributed by atoms with E-state index < -0.39 is 0 Å². The van der Waals surface area contributed by atoms with Crippen LogP contribution in [0.2, 0.25) is 0 Å². The van der Waals surface area contributed by atoms with Crippen LogP contribution in [0.4, 0.5) is 5.95 Å². The van der Waals surface area contributed by atoms with Gasteiger partial charge in [0.1, 0.15) is 0 Å². The molecule has 0 fully saturated rings. The number of anilines is 1. The van der Waals surface area contributed by atoms with Crippen LogP contribution in [0.3, 0.4) is 0 Å². The van der Waals surface area contributed by atoms with Gasteiger partial charge in [-0.25, -0.2) is 4.98 Å². The van der Waals surface area contributed by atoms with E-state index >= 15 is 0 Å². The number of aryl methyl sites for hydroxylation is 1. The predicted octanol–water partition coefficient (Wildman–Crippen LogP) is -0.316. The first-order valence-electron chi connectivity index (χ1n) is 4.30. The third kappa shape index (κ3) is 1.71. The highest BCUT2D eigenvalue weighted by Crippen LogP contribution is 2.00. The predicted molar refractivity (Wildman–Crippen MR) is 52.6 cm³/mol. The highest BCUT2D eigenvalue weighted by atomic mass is 16.1. The van der Waals surface area contributed by atoms with E-state index in [0.717, 1.165) is 4.52 Å². The van der Waals surface area contributed by atoms with Gasteiger partial charge in [-0.15, -0.1) is 0 Å². The minimum absolute atomic E-state index is 0.206. The Kier molecular flexibility index (Phi) is 2.00. The molecule has 0 spiro atoms. The molecule has 0 saturated carbocycles. The molecule has 0 aliphatic heterocycles. The van der Waals surface area contributed by atoms with E-state index in [1.807, 2.05) is 0 Å². The summed E-state index contributed by atoms with van der Waals surface area (Å²) in [4.78, 5) is 30.2. The number of aromatic amines is 1. The molecule has 2 N–H and O–H groups in total. The quantitative estimate of drug-likeness (QED) is 0.670. The second-order valence-electron chi connectivity index (χ2n) is 3.12. The fourth-order valence-corrected chi connectivity index (χ4v) is 1.22. The van der Waals surface area contributed by atoms with Crippen molar-refractivity contribution in [3.05, 3.63) is 22.1 Å². The van der Waals surface area contributed by atoms with Gasteiger partial charge in [-0.2, -0.15) is 9.50 Å². The average Bonchev–Trinajstić information content (AvgIpc) is 2.45. The molecule has 7 nitrogen and oxygen atoms in total. The summed E-state index contributed by atoms with van der Waals surface area (Å²) in [6.45, 7) is 3.06. The number of nitrogens with zero attached hydrogens (tertiary/aromatic N) is 3. The van der Waals surface area contributed by atoms with Crippen molar-refractivity contribution in [2.24, 2.45) is 0 Å². The Labute approximate surface area is 84.1 Å². The zero-order valence-electron chi connectivity index (χ0n) is 8.24.